The zero-order chi connectivity index (χ0) is 12.5. The molecule has 2 heterocycles. The fraction of sp³-hybridized carbons (Fsp3) is 0.615. The number of fused-ring (bicyclic) bond motifs is 1. The molecule has 2 atom stereocenters. The summed E-state index contributed by atoms with van der Waals surface area (Å²) in [6, 6.07) is 1.59. The zero-order valence-electron chi connectivity index (χ0n) is 10.1. The van der Waals surface area contributed by atoms with Gasteiger partial charge in [-0.2, -0.15) is 0 Å². The van der Waals surface area contributed by atoms with Crippen LogP contribution in [-0.4, -0.2) is 30.3 Å². The molecule has 0 spiro atoms. The highest BCUT2D eigenvalue weighted by molar-refractivity contribution is 6.30. The molecule has 98 valence electrons. The van der Waals surface area contributed by atoms with Gasteiger partial charge in [0.25, 0.3) is 0 Å². The smallest absolute Gasteiger partial charge is 0.167 e. The van der Waals surface area contributed by atoms with Crippen LogP contribution in [0.15, 0.2) is 12.3 Å². The summed E-state index contributed by atoms with van der Waals surface area (Å²) in [6.07, 6.45) is 6.23. The van der Waals surface area contributed by atoms with Crippen LogP contribution in [-0.2, 0) is 4.74 Å². The van der Waals surface area contributed by atoms with Gasteiger partial charge in [-0.3, -0.25) is 0 Å². The van der Waals surface area contributed by atoms with Crippen LogP contribution >= 0.6 is 11.6 Å². The van der Waals surface area contributed by atoms with Gasteiger partial charge in [-0.15, -0.1) is 0 Å². The van der Waals surface area contributed by atoms with E-state index in [1.165, 1.54) is 25.1 Å². The predicted octanol–water partition coefficient (Wildman–Crippen LogP) is 3.02. The fourth-order valence-corrected chi connectivity index (χ4v) is 3.12. The molecule has 1 saturated heterocycles. The number of aromatic nitrogens is 1. The van der Waals surface area contributed by atoms with E-state index in [4.69, 9.17) is 16.3 Å². The third-order valence-electron chi connectivity index (χ3n) is 3.79. The van der Waals surface area contributed by atoms with Gasteiger partial charge in [-0.25, -0.2) is 9.37 Å². The number of pyridine rings is 1. The van der Waals surface area contributed by atoms with E-state index in [1.807, 2.05) is 0 Å². The van der Waals surface area contributed by atoms with Crippen molar-refractivity contribution in [1.29, 1.82) is 0 Å². The topological polar surface area (TPSA) is 25.4 Å². The highest BCUT2D eigenvalue weighted by atomic mass is 35.5. The van der Waals surface area contributed by atoms with Crippen LogP contribution in [0.1, 0.15) is 25.7 Å². The predicted molar refractivity (Wildman–Crippen MR) is 68.5 cm³/mol. The molecular formula is C13H16ClFN2O. The number of hydrogen-bond donors (Lipinski definition) is 0. The second kappa shape index (κ2) is 5.02. The molecule has 0 radical (unpaired) electrons. The Morgan fingerprint density at radius 1 is 1.39 bits per heavy atom. The number of nitrogens with zero attached hydrogens (tertiary/aromatic N) is 2. The Hall–Kier alpha value is -0.870. The summed E-state index contributed by atoms with van der Waals surface area (Å²) >= 11 is 5.75. The molecule has 2 fully saturated rings. The summed E-state index contributed by atoms with van der Waals surface area (Å²) in [5.74, 6) is 0.0772. The number of morpholine rings is 1. The Bertz CT molecular complexity index is 441. The first-order valence-corrected chi connectivity index (χ1v) is 6.83. The van der Waals surface area contributed by atoms with Crippen molar-refractivity contribution in [2.75, 3.05) is 18.1 Å². The Labute approximate surface area is 111 Å². The van der Waals surface area contributed by atoms with E-state index in [-0.39, 0.29) is 18.0 Å². The van der Waals surface area contributed by atoms with Crippen LogP contribution in [0.5, 0.6) is 0 Å². The first-order valence-electron chi connectivity index (χ1n) is 6.45. The largest absolute Gasteiger partial charge is 0.374 e. The highest BCUT2D eigenvalue weighted by Crippen LogP contribution is 2.32. The average molecular weight is 271 g/mol. The highest BCUT2D eigenvalue weighted by Gasteiger charge is 2.35. The van der Waals surface area contributed by atoms with Crippen LogP contribution in [0, 0.1) is 5.82 Å². The molecule has 1 aromatic rings. The second-order valence-electron chi connectivity index (χ2n) is 4.91. The summed E-state index contributed by atoms with van der Waals surface area (Å²) in [5, 5.41) is 0.338. The van der Waals surface area contributed by atoms with E-state index in [0.717, 1.165) is 12.8 Å². The normalized spacial score (nSPS) is 28.0. The summed E-state index contributed by atoms with van der Waals surface area (Å²) in [5.41, 5.74) is 0. The lowest BCUT2D eigenvalue weighted by Gasteiger charge is -2.44. The molecule has 3 rings (SSSR count). The first kappa shape index (κ1) is 12.2. The van der Waals surface area contributed by atoms with Crippen LogP contribution < -0.4 is 4.90 Å². The maximum atomic E-state index is 14.0. The van der Waals surface area contributed by atoms with Gasteiger partial charge in [0.2, 0.25) is 0 Å². The maximum absolute atomic E-state index is 14.0. The number of halogens is 2. The Balaban J connectivity index is 1.89. The summed E-state index contributed by atoms with van der Waals surface area (Å²) in [4.78, 5) is 6.21. The van der Waals surface area contributed by atoms with E-state index in [1.54, 1.807) is 0 Å². The summed E-state index contributed by atoms with van der Waals surface area (Å²) in [7, 11) is 0. The lowest BCUT2D eigenvalue weighted by molar-refractivity contribution is -0.00924. The van der Waals surface area contributed by atoms with Crippen molar-refractivity contribution in [2.24, 2.45) is 0 Å². The number of anilines is 1. The van der Waals surface area contributed by atoms with Crippen LogP contribution in [0.25, 0.3) is 0 Å². The average Bonchev–Trinajstić information content (AvgIpc) is 2.38. The van der Waals surface area contributed by atoms with E-state index in [2.05, 4.69) is 9.88 Å². The molecule has 0 N–H and O–H groups in total. The molecule has 1 aliphatic carbocycles. The lowest BCUT2D eigenvalue weighted by Crippen LogP contribution is -2.53. The fourth-order valence-electron chi connectivity index (χ4n) is 2.98. The van der Waals surface area contributed by atoms with Crippen LogP contribution in [0.2, 0.25) is 5.02 Å². The molecule has 1 aliphatic heterocycles. The molecule has 1 aromatic heterocycles. The third kappa shape index (κ3) is 2.19. The molecule has 0 aromatic carbocycles. The number of ether oxygens (including phenoxy) is 1. The van der Waals surface area contributed by atoms with Crippen molar-refractivity contribution in [3.63, 3.8) is 0 Å². The minimum Gasteiger partial charge on any atom is -0.374 e. The van der Waals surface area contributed by atoms with E-state index in [9.17, 15) is 4.39 Å². The molecule has 1 saturated carbocycles. The molecule has 3 nitrogen and oxygen atoms in total. The SMILES string of the molecule is Fc1cc(Cl)cnc1N1CCOC2CCCCC21. The Morgan fingerprint density at radius 2 is 2.22 bits per heavy atom. The maximum Gasteiger partial charge on any atom is 0.167 e. The van der Waals surface area contributed by atoms with Crippen molar-refractivity contribution in [3.05, 3.63) is 23.1 Å². The van der Waals surface area contributed by atoms with Gasteiger partial charge >= 0.3 is 0 Å². The summed E-state index contributed by atoms with van der Waals surface area (Å²) < 4.78 is 19.7. The van der Waals surface area contributed by atoms with Crippen molar-refractivity contribution in [2.45, 2.75) is 37.8 Å². The standard InChI is InChI=1S/C13H16ClFN2O/c14-9-7-10(15)13(16-8-9)17-5-6-18-12-4-2-1-3-11(12)17/h7-8,11-12H,1-6H2. The van der Waals surface area contributed by atoms with Crippen molar-refractivity contribution in [1.82, 2.24) is 4.98 Å². The molecule has 18 heavy (non-hydrogen) atoms. The second-order valence-corrected chi connectivity index (χ2v) is 5.35. The van der Waals surface area contributed by atoms with E-state index >= 15 is 0 Å². The van der Waals surface area contributed by atoms with Crippen molar-refractivity contribution >= 4 is 17.4 Å². The van der Waals surface area contributed by atoms with E-state index in [0.29, 0.717) is 24.0 Å². The molecule has 2 aliphatic rings. The monoisotopic (exact) mass is 270 g/mol. The Kier molecular flexibility index (Phi) is 3.39. The third-order valence-corrected chi connectivity index (χ3v) is 4.00. The van der Waals surface area contributed by atoms with Crippen LogP contribution in [0.4, 0.5) is 10.2 Å². The molecule has 2 unspecified atom stereocenters. The number of rotatable bonds is 1. The van der Waals surface area contributed by atoms with Crippen LogP contribution in [0.3, 0.4) is 0 Å². The minimum atomic E-state index is -0.339. The van der Waals surface area contributed by atoms with Crippen molar-refractivity contribution < 1.29 is 9.13 Å². The number of hydrogen-bond acceptors (Lipinski definition) is 3. The van der Waals surface area contributed by atoms with E-state index < -0.39 is 0 Å². The molecule has 0 amide bonds. The zero-order valence-corrected chi connectivity index (χ0v) is 10.9. The molecule has 5 heteroatoms. The summed E-state index contributed by atoms with van der Waals surface area (Å²) in [6.45, 7) is 1.34. The van der Waals surface area contributed by atoms with Gasteiger partial charge in [0, 0.05) is 12.7 Å². The minimum absolute atomic E-state index is 0.226. The molecule has 0 bridgehead atoms. The van der Waals surface area contributed by atoms with Crippen molar-refractivity contribution in [3.8, 4) is 0 Å². The van der Waals surface area contributed by atoms with Gasteiger partial charge in [-0.1, -0.05) is 24.4 Å². The van der Waals surface area contributed by atoms with Gasteiger partial charge in [-0.05, 0) is 18.9 Å². The van der Waals surface area contributed by atoms with Gasteiger partial charge in [0.1, 0.15) is 0 Å². The van der Waals surface area contributed by atoms with Gasteiger partial charge in [0.05, 0.1) is 23.8 Å². The molecular weight excluding hydrogens is 255 g/mol. The Morgan fingerprint density at radius 3 is 3.06 bits per heavy atom. The quantitative estimate of drug-likeness (QED) is 0.784. The van der Waals surface area contributed by atoms with Gasteiger partial charge in [0.15, 0.2) is 11.6 Å². The lowest BCUT2D eigenvalue weighted by atomic mass is 9.90. The van der Waals surface area contributed by atoms with Gasteiger partial charge < -0.3 is 9.64 Å². The first-order chi connectivity index (χ1) is 8.75.